The van der Waals surface area contributed by atoms with E-state index in [9.17, 15) is 13.2 Å². The summed E-state index contributed by atoms with van der Waals surface area (Å²) in [6.07, 6.45) is 1.94. The van der Waals surface area contributed by atoms with Crippen LogP contribution in [-0.2, 0) is 21.4 Å². The van der Waals surface area contributed by atoms with E-state index >= 15 is 0 Å². The van der Waals surface area contributed by atoms with Crippen molar-refractivity contribution in [2.24, 2.45) is 0 Å². The summed E-state index contributed by atoms with van der Waals surface area (Å²) in [4.78, 5) is 13.9. The number of benzene rings is 3. The van der Waals surface area contributed by atoms with E-state index in [1.165, 1.54) is 12.1 Å². The van der Waals surface area contributed by atoms with Crippen LogP contribution in [0.3, 0.4) is 0 Å². The van der Waals surface area contributed by atoms with Crippen molar-refractivity contribution in [1.29, 1.82) is 0 Å². The third-order valence-electron chi connectivity index (χ3n) is 4.43. The van der Waals surface area contributed by atoms with Crippen molar-refractivity contribution in [3.8, 4) is 0 Å². The summed E-state index contributed by atoms with van der Waals surface area (Å²) in [6.45, 7) is -0.385. The third kappa shape index (κ3) is 6.33. The van der Waals surface area contributed by atoms with E-state index in [0.717, 1.165) is 13.7 Å². The van der Waals surface area contributed by atoms with E-state index in [2.05, 4.69) is 21.2 Å². The highest BCUT2D eigenvalue weighted by Gasteiger charge is 2.27. The largest absolute Gasteiger partial charge is 0.325 e. The predicted octanol–water partition coefficient (Wildman–Crippen LogP) is 5.65. The molecule has 0 radical (unpaired) electrons. The van der Waals surface area contributed by atoms with Gasteiger partial charge in [0, 0.05) is 26.6 Å². The molecule has 0 aliphatic heterocycles. The van der Waals surface area contributed by atoms with Gasteiger partial charge < -0.3 is 5.32 Å². The van der Waals surface area contributed by atoms with Gasteiger partial charge in [0.05, 0.1) is 11.4 Å². The zero-order valence-corrected chi connectivity index (χ0v) is 20.6. The highest BCUT2D eigenvalue weighted by molar-refractivity contribution is 9.10. The molecule has 0 aliphatic rings. The van der Waals surface area contributed by atoms with Gasteiger partial charge in [-0.25, -0.2) is 8.42 Å². The van der Waals surface area contributed by atoms with Crippen LogP contribution in [0.4, 0.5) is 5.69 Å². The van der Waals surface area contributed by atoms with Gasteiger partial charge in [0.1, 0.15) is 0 Å². The summed E-state index contributed by atoms with van der Waals surface area (Å²) in [6, 6.07) is 20.6. The summed E-state index contributed by atoms with van der Waals surface area (Å²) in [5, 5.41) is 3.22. The summed E-state index contributed by atoms with van der Waals surface area (Å²) in [7, 11) is -3.94. The molecule has 5 nitrogen and oxygen atoms in total. The van der Waals surface area contributed by atoms with Crippen LogP contribution in [0.1, 0.15) is 5.56 Å². The number of carbonyl (C=O) groups is 1. The Hall–Kier alpha value is -1.84. The number of nitrogens with one attached hydrogen (secondary N) is 1. The number of thioether (sulfide) groups is 1. The maximum atomic E-state index is 13.3. The van der Waals surface area contributed by atoms with Crippen LogP contribution in [0.15, 0.2) is 87.1 Å². The van der Waals surface area contributed by atoms with E-state index in [1.807, 2.05) is 24.5 Å². The van der Waals surface area contributed by atoms with Crippen LogP contribution in [0.5, 0.6) is 0 Å². The number of carbonyl (C=O) groups excluding carboxylic acids is 1. The molecular formula is C22H20BrClN2O3S2. The van der Waals surface area contributed by atoms with E-state index in [-0.39, 0.29) is 18.0 Å². The first-order valence-electron chi connectivity index (χ1n) is 9.22. The zero-order chi connectivity index (χ0) is 22.4. The lowest BCUT2D eigenvalue weighted by Gasteiger charge is -2.22. The number of rotatable bonds is 8. The van der Waals surface area contributed by atoms with Gasteiger partial charge in [0.2, 0.25) is 15.9 Å². The Labute approximate surface area is 200 Å². The van der Waals surface area contributed by atoms with Gasteiger partial charge in [-0.2, -0.15) is 4.31 Å². The number of anilines is 1. The maximum Gasteiger partial charge on any atom is 0.243 e. The third-order valence-corrected chi connectivity index (χ3v) is 7.86. The van der Waals surface area contributed by atoms with Crippen LogP contribution >= 0.6 is 39.3 Å². The highest BCUT2D eigenvalue weighted by Crippen LogP contribution is 2.24. The molecule has 0 aromatic heterocycles. The minimum absolute atomic E-state index is 0.0314. The number of hydrogen-bond donors (Lipinski definition) is 1. The monoisotopic (exact) mass is 538 g/mol. The van der Waals surface area contributed by atoms with E-state index in [0.29, 0.717) is 16.3 Å². The molecule has 0 bridgehead atoms. The fourth-order valence-electron chi connectivity index (χ4n) is 2.86. The second-order valence-corrected chi connectivity index (χ2v) is 10.7. The molecule has 0 heterocycles. The minimum Gasteiger partial charge on any atom is -0.325 e. The molecule has 9 heteroatoms. The van der Waals surface area contributed by atoms with Gasteiger partial charge in [-0.05, 0) is 60.4 Å². The minimum atomic E-state index is -3.94. The first-order chi connectivity index (χ1) is 14.8. The van der Waals surface area contributed by atoms with Crippen molar-refractivity contribution < 1.29 is 13.2 Å². The first-order valence-corrected chi connectivity index (χ1v) is 13.1. The molecule has 0 fully saturated rings. The molecule has 3 aromatic rings. The van der Waals surface area contributed by atoms with Gasteiger partial charge in [0.15, 0.2) is 0 Å². The Bertz CT molecular complexity index is 1170. The molecule has 0 saturated heterocycles. The van der Waals surface area contributed by atoms with E-state index in [1.54, 1.807) is 54.2 Å². The Morgan fingerprint density at radius 3 is 2.45 bits per heavy atom. The number of hydrogen-bond acceptors (Lipinski definition) is 4. The van der Waals surface area contributed by atoms with Crippen molar-refractivity contribution in [2.75, 3.05) is 18.1 Å². The van der Waals surface area contributed by atoms with Crippen LogP contribution < -0.4 is 5.32 Å². The molecule has 0 saturated carbocycles. The molecular weight excluding hydrogens is 520 g/mol. The predicted molar refractivity (Wildman–Crippen MR) is 130 cm³/mol. The summed E-state index contributed by atoms with van der Waals surface area (Å²) >= 11 is 11.1. The van der Waals surface area contributed by atoms with Crippen molar-refractivity contribution in [2.45, 2.75) is 16.3 Å². The van der Waals surface area contributed by atoms with Crippen LogP contribution in [0.2, 0.25) is 5.02 Å². The Morgan fingerprint density at radius 2 is 1.77 bits per heavy atom. The van der Waals surface area contributed by atoms with Gasteiger partial charge in [-0.1, -0.05) is 51.8 Å². The maximum absolute atomic E-state index is 13.3. The van der Waals surface area contributed by atoms with Crippen LogP contribution in [0, 0.1) is 0 Å². The second kappa shape index (κ2) is 10.7. The SMILES string of the molecule is CSc1cccc(NC(=O)CN(Cc2ccccc2Cl)S(=O)(=O)c2ccc(Br)cc2)c1. The number of amides is 1. The highest BCUT2D eigenvalue weighted by atomic mass is 79.9. The molecule has 0 aliphatic carbocycles. The van der Waals surface area contributed by atoms with Crippen molar-refractivity contribution in [3.63, 3.8) is 0 Å². The lowest BCUT2D eigenvalue weighted by molar-refractivity contribution is -0.116. The molecule has 0 spiro atoms. The topological polar surface area (TPSA) is 66.5 Å². The average molecular weight is 540 g/mol. The second-order valence-electron chi connectivity index (χ2n) is 6.60. The Morgan fingerprint density at radius 1 is 1.06 bits per heavy atom. The summed E-state index contributed by atoms with van der Waals surface area (Å²) in [5.41, 5.74) is 1.22. The van der Waals surface area contributed by atoms with Gasteiger partial charge in [-0.3, -0.25) is 4.79 Å². The fourth-order valence-corrected chi connectivity index (χ4v) is 5.15. The average Bonchev–Trinajstić information content (AvgIpc) is 2.75. The Kier molecular flexibility index (Phi) is 8.18. The van der Waals surface area contributed by atoms with Crippen LogP contribution in [-0.4, -0.2) is 31.4 Å². The smallest absolute Gasteiger partial charge is 0.243 e. The number of sulfonamides is 1. The lowest BCUT2D eigenvalue weighted by atomic mass is 10.2. The molecule has 31 heavy (non-hydrogen) atoms. The fraction of sp³-hybridized carbons (Fsp3) is 0.136. The lowest BCUT2D eigenvalue weighted by Crippen LogP contribution is -2.37. The summed E-state index contributed by atoms with van der Waals surface area (Å²) < 4.78 is 28.6. The quantitative estimate of drug-likeness (QED) is 0.376. The van der Waals surface area contributed by atoms with Crippen molar-refractivity contribution in [1.82, 2.24) is 4.31 Å². The van der Waals surface area contributed by atoms with Gasteiger partial charge in [-0.15, -0.1) is 11.8 Å². The van der Waals surface area contributed by atoms with Crippen molar-refractivity contribution >= 4 is 60.9 Å². The molecule has 0 atom stereocenters. The molecule has 0 unspecified atom stereocenters. The summed E-state index contributed by atoms with van der Waals surface area (Å²) in [5.74, 6) is -0.439. The molecule has 1 amide bonds. The van der Waals surface area contributed by atoms with E-state index in [4.69, 9.17) is 11.6 Å². The molecule has 3 rings (SSSR count). The molecule has 1 N–H and O–H groups in total. The number of nitrogens with zero attached hydrogens (tertiary/aromatic N) is 1. The van der Waals surface area contributed by atoms with E-state index < -0.39 is 15.9 Å². The van der Waals surface area contributed by atoms with Gasteiger partial charge >= 0.3 is 0 Å². The zero-order valence-electron chi connectivity index (χ0n) is 16.6. The Balaban J connectivity index is 1.88. The number of halogens is 2. The molecule has 162 valence electrons. The van der Waals surface area contributed by atoms with Gasteiger partial charge in [0.25, 0.3) is 0 Å². The standard InChI is InChI=1S/C22H20BrClN2O3S2/c1-30-19-7-4-6-18(13-19)25-22(27)15-26(14-16-5-2-3-8-21(16)24)31(28,29)20-11-9-17(23)10-12-20/h2-13H,14-15H2,1H3,(H,25,27). The van der Waals surface area contributed by atoms with Crippen LogP contribution in [0.25, 0.3) is 0 Å². The first kappa shape index (κ1) is 23.8. The van der Waals surface area contributed by atoms with Crippen molar-refractivity contribution in [3.05, 3.63) is 87.9 Å². The molecule has 3 aromatic carbocycles. The normalized spacial score (nSPS) is 11.5.